The summed E-state index contributed by atoms with van der Waals surface area (Å²) in [6.45, 7) is 11.0. The Kier molecular flexibility index (Phi) is 6.51. The summed E-state index contributed by atoms with van der Waals surface area (Å²) in [6, 6.07) is 5.58. The topological polar surface area (TPSA) is 32.3 Å². The Hall–Kier alpha value is -0.770. The zero-order valence-electron chi connectivity index (χ0n) is 13.3. The van der Waals surface area contributed by atoms with Gasteiger partial charge < -0.3 is 10.2 Å². The summed E-state index contributed by atoms with van der Waals surface area (Å²) in [7, 11) is 0. The molecule has 0 aliphatic heterocycles. The number of benzene rings is 1. The average molecular weight is 331 g/mol. The van der Waals surface area contributed by atoms with E-state index in [1.54, 1.807) is 6.07 Å². The minimum atomic E-state index is -0.0815. The van der Waals surface area contributed by atoms with Crippen LogP contribution < -0.4 is 5.32 Å². The molecule has 0 bridgehead atoms. The molecule has 0 aliphatic carbocycles. The van der Waals surface area contributed by atoms with Gasteiger partial charge in [-0.1, -0.05) is 29.3 Å². The molecule has 0 spiro atoms. The fraction of sp³-hybridized carbons (Fsp3) is 0.562. The minimum Gasteiger partial charge on any atom is -0.335 e. The lowest BCUT2D eigenvalue weighted by Crippen LogP contribution is -2.46. The predicted octanol–water partition coefficient (Wildman–Crippen LogP) is 4.12. The third-order valence-electron chi connectivity index (χ3n) is 3.05. The second-order valence-electron chi connectivity index (χ2n) is 6.47. The number of carbonyl (C=O) groups is 1. The number of nitrogens with one attached hydrogen (secondary N) is 1. The van der Waals surface area contributed by atoms with Gasteiger partial charge >= 0.3 is 0 Å². The van der Waals surface area contributed by atoms with Crippen LogP contribution >= 0.6 is 23.2 Å². The average Bonchev–Trinajstić information content (AvgIpc) is 2.36. The first-order valence-corrected chi connectivity index (χ1v) is 7.84. The third-order valence-corrected chi connectivity index (χ3v) is 3.79. The Morgan fingerprint density at radius 1 is 1.24 bits per heavy atom. The van der Waals surface area contributed by atoms with E-state index in [1.807, 2.05) is 51.7 Å². The van der Waals surface area contributed by atoms with Gasteiger partial charge in [-0.25, -0.2) is 0 Å². The van der Waals surface area contributed by atoms with Crippen LogP contribution in [0.1, 0.15) is 40.2 Å². The number of rotatable bonds is 5. The highest BCUT2D eigenvalue weighted by molar-refractivity contribution is 6.42. The lowest BCUT2D eigenvalue weighted by molar-refractivity contribution is -0.132. The Bertz CT molecular complexity index is 496. The molecule has 0 aromatic heterocycles. The molecule has 118 valence electrons. The molecule has 0 heterocycles. The van der Waals surface area contributed by atoms with E-state index in [4.69, 9.17) is 23.2 Å². The maximum atomic E-state index is 12.4. The molecule has 0 saturated carbocycles. The number of amides is 1. The van der Waals surface area contributed by atoms with E-state index in [2.05, 4.69) is 5.32 Å². The normalized spacial score (nSPS) is 11.8. The van der Waals surface area contributed by atoms with Crippen molar-refractivity contribution in [1.82, 2.24) is 10.2 Å². The molecule has 1 aromatic carbocycles. The van der Waals surface area contributed by atoms with Crippen molar-refractivity contribution >= 4 is 29.1 Å². The number of hydrogen-bond acceptors (Lipinski definition) is 2. The molecule has 1 aromatic rings. The molecule has 0 atom stereocenters. The third kappa shape index (κ3) is 6.25. The molecule has 21 heavy (non-hydrogen) atoms. The quantitative estimate of drug-likeness (QED) is 0.880. The molecule has 0 saturated heterocycles. The number of hydrogen-bond donors (Lipinski definition) is 1. The highest BCUT2D eigenvalue weighted by Crippen LogP contribution is 2.23. The van der Waals surface area contributed by atoms with Crippen molar-refractivity contribution in [3.8, 4) is 0 Å². The predicted molar refractivity (Wildman–Crippen MR) is 89.9 cm³/mol. The molecule has 5 heteroatoms. The highest BCUT2D eigenvalue weighted by Gasteiger charge is 2.19. The molecule has 1 rings (SSSR count). The minimum absolute atomic E-state index is 0.0750. The van der Waals surface area contributed by atoms with E-state index >= 15 is 0 Å². The SMILES string of the molecule is CC(C)N(Cc1ccc(Cl)c(Cl)c1)C(=O)CNC(C)(C)C. The van der Waals surface area contributed by atoms with Crippen LogP contribution in [-0.4, -0.2) is 28.9 Å². The van der Waals surface area contributed by atoms with Crippen LogP contribution in [0.5, 0.6) is 0 Å². The van der Waals surface area contributed by atoms with E-state index in [1.165, 1.54) is 0 Å². The molecule has 0 fully saturated rings. The van der Waals surface area contributed by atoms with Crippen LogP contribution in [0, 0.1) is 0 Å². The largest absolute Gasteiger partial charge is 0.335 e. The van der Waals surface area contributed by atoms with Crippen molar-refractivity contribution in [2.75, 3.05) is 6.54 Å². The van der Waals surface area contributed by atoms with Crippen molar-refractivity contribution in [3.05, 3.63) is 33.8 Å². The summed E-state index contributed by atoms with van der Waals surface area (Å²) in [5.74, 6) is 0.0750. The summed E-state index contributed by atoms with van der Waals surface area (Å²) in [5, 5.41) is 4.26. The van der Waals surface area contributed by atoms with E-state index in [0.29, 0.717) is 23.1 Å². The summed E-state index contributed by atoms with van der Waals surface area (Å²) >= 11 is 11.9. The maximum absolute atomic E-state index is 12.4. The smallest absolute Gasteiger partial charge is 0.237 e. The van der Waals surface area contributed by atoms with Crippen molar-refractivity contribution in [1.29, 1.82) is 0 Å². The van der Waals surface area contributed by atoms with Crippen LogP contribution in [0.4, 0.5) is 0 Å². The van der Waals surface area contributed by atoms with Gasteiger partial charge in [0, 0.05) is 18.1 Å². The fourth-order valence-corrected chi connectivity index (χ4v) is 2.16. The Morgan fingerprint density at radius 3 is 2.33 bits per heavy atom. The number of carbonyl (C=O) groups excluding carboxylic acids is 1. The Morgan fingerprint density at radius 2 is 1.86 bits per heavy atom. The first kappa shape index (κ1) is 18.3. The Balaban J connectivity index is 2.77. The Labute approximate surface area is 137 Å². The first-order chi connectivity index (χ1) is 9.60. The van der Waals surface area contributed by atoms with Gasteiger partial charge in [0.05, 0.1) is 16.6 Å². The van der Waals surface area contributed by atoms with Crippen molar-refractivity contribution < 1.29 is 4.79 Å². The van der Waals surface area contributed by atoms with Gasteiger partial charge in [0.25, 0.3) is 0 Å². The van der Waals surface area contributed by atoms with E-state index in [9.17, 15) is 4.79 Å². The molecule has 0 radical (unpaired) electrons. The molecule has 1 N–H and O–H groups in total. The zero-order valence-corrected chi connectivity index (χ0v) is 14.8. The molecule has 0 aliphatic rings. The lowest BCUT2D eigenvalue weighted by Gasteiger charge is -2.29. The molecule has 0 unspecified atom stereocenters. The lowest BCUT2D eigenvalue weighted by atomic mass is 10.1. The fourth-order valence-electron chi connectivity index (χ4n) is 1.84. The van der Waals surface area contributed by atoms with Crippen LogP contribution in [-0.2, 0) is 11.3 Å². The van der Waals surface area contributed by atoms with Gasteiger partial charge in [-0.2, -0.15) is 0 Å². The van der Waals surface area contributed by atoms with Gasteiger partial charge in [0.2, 0.25) is 5.91 Å². The van der Waals surface area contributed by atoms with Crippen molar-refractivity contribution in [2.45, 2.75) is 52.7 Å². The standard InChI is InChI=1S/C16H24Cl2N2O/c1-11(2)20(15(21)9-19-16(3,4)5)10-12-6-7-13(17)14(18)8-12/h6-8,11,19H,9-10H2,1-5H3. The first-order valence-electron chi connectivity index (χ1n) is 7.08. The maximum Gasteiger partial charge on any atom is 0.237 e. The van der Waals surface area contributed by atoms with Gasteiger partial charge in [-0.05, 0) is 52.3 Å². The molecular formula is C16H24Cl2N2O. The molecule has 3 nitrogen and oxygen atoms in total. The zero-order chi connectivity index (χ0) is 16.2. The molecule has 1 amide bonds. The second kappa shape index (κ2) is 7.48. The number of halogens is 2. The summed E-state index contributed by atoms with van der Waals surface area (Å²) in [6.07, 6.45) is 0. The molecular weight excluding hydrogens is 307 g/mol. The van der Waals surface area contributed by atoms with Gasteiger partial charge in [0.15, 0.2) is 0 Å². The highest BCUT2D eigenvalue weighted by atomic mass is 35.5. The van der Waals surface area contributed by atoms with Crippen molar-refractivity contribution in [3.63, 3.8) is 0 Å². The summed E-state index contributed by atoms with van der Waals surface area (Å²) in [4.78, 5) is 14.2. The van der Waals surface area contributed by atoms with E-state index in [0.717, 1.165) is 5.56 Å². The van der Waals surface area contributed by atoms with Crippen LogP contribution in [0.3, 0.4) is 0 Å². The van der Waals surface area contributed by atoms with Gasteiger partial charge in [-0.15, -0.1) is 0 Å². The monoisotopic (exact) mass is 330 g/mol. The van der Waals surface area contributed by atoms with Crippen LogP contribution in [0.2, 0.25) is 10.0 Å². The summed E-state index contributed by atoms with van der Waals surface area (Å²) in [5.41, 5.74) is 0.893. The van der Waals surface area contributed by atoms with Gasteiger partial charge in [0.1, 0.15) is 0 Å². The second-order valence-corrected chi connectivity index (χ2v) is 7.28. The number of nitrogens with zero attached hydrogens (tertiary/aromatic N) is 1. The summed E-state index contributed by atoms with van der Waals surface area (Å²) < 4.78 is 0. The van der Waals surface area contributed by atoms with E-state index in [-0.39, 0.29) is 17.5 Å². The van der Waals surface area contributed by atoms with Crippen molar-refractivity contribution in [2.24, 2.45) is 0 Å². The van der Waals surface area contributed by atoms with Gasteiger partial charge in [-0.3, -0.25) is 4.79 Å². The van der Waals surface area contributed by atoms with Crippen LogP contribution in [0.25, 0.3) is 0 Å². The van der Waals surface area contributed by atoms with Crippen LogP contribution in [0.15, 0.2) is 18.2 Å². The van der Waals surface area contributed by atoms with E-state index < -0.39 is 0 Å².